The van der Waals surface area contributed by atoms with Crippen molar-refractivity contribution in [1.29, 1.82) is 0 Å². The number of aryl methyl sites for hydroxylation is 6. The Labute approximate surface area is 703 Å². The molecule has 0 atom stereocenters. The Bertz CT molecular complexity index is 5600. The number of nitrogen functional groups attached to an aromatic ring is 7. The van der Waals surface area contributed by atoms with E-state index in [9.17, 15) is 35.1 Å². The molecule has 0 heterocycles. The zero-order chi connectivity index (χ0) is 84.6. The highest BCUT2D eigenvalue weighted by atomic mass is 35.5. The van der Waals surface area contributed by atoms with E-state index >= 15 is 0 Å². The fourth-order valence-corrected chi connectivity index (χ4v) is 16.7. The summed E-state index contributed by atoms with van der Waals surface area (Å²) in [4.78, 5) is 0. The lowest BCUT2D eigenvalue weighted by Gasteiger charge is -2.38. The molecule has 602 valence electrons. The maximum atomic E-state index is 13.7. The van der Waals surface area contributed by atoms with E-state index in [-0.39, 0.29) is 10.8 Å². The fraction of sp³-hybridized carbons (Fsp3) is 0.152. The van der Waals surface area contributed by atoms with Crippen LogP contribution in [0, 0.1) is 81.2 Å². The number of hydrogen-bond acceptors (Lipinski definition) is 7. The van der Waals surface area contributed by atoms with Crippen molar-refractivity contribution in [3.63, 3.8) is 0 Å². The maximum Gasteiger partial charge on any atom is 0.185 e. The Hall–Kier alpha value is -11.7. The molecule has 0 unspecified atom stereocenters. The largest absolute Gasteiger partial charge is 0.399 e. The molecule has 0 amide bonds. The van der Waals surface area contributed by atoms with Crippen molar-refractivity contribution in [3.05, 3.63) is 405 Å². The Balaban J connectivity index is 0.000000132. The van der Waals surface area contributed by atoms with Crippen molar-refractivity contribution < 1.29 is 35.1 Å². The molecule has 14 aromatic carbocycles. The summed E-state index contributed by atoms with van der Waals surface area (Å²) in [5.74, 6) is -17.1. The molecule has 14 aromatic rings. The maximum absolute atomic E-state index is 13.7. The predicted octanol–water partition coefficient (Wildman–Crippen LogP) is 26.8. The lowest BCUT2D eigenvalue weighted by atomic mass is 9.65. The van der Waals surface area contributed by atoms with Crippen LogP contribution in [-0.4, -0.2) is 0 Å². The highest BCUT2D eigenvalue weighted by Gasteiger charge is 2.46. The monoisotopic (exact) mass is 1670 g/mol. The molecule has 19 heteroatoms. The van der Waals surface area contributed by atoms with Gasteiger partial charge >= 0.3 is 0 Å². The van der Waals surface area contributed by atoms with Crippen molar-refractivity contribution in [3.8, 4) is 44.5 Å². The summed E-state index contributed by atoms with van der Waals surface area (Å²) in [6.07, 6.45) is 9.39. The van der Waals surface area contributed by atoms with Gasteiger partial charge in [-0.2, -0.15) is 0 Å². The first kappa shape index (κ1) is 85.6. The second-order valence-corrected chi connectivity index (χ2v) is 31.5. The van der Waals surface area contributed by atoms with E-state index in [0.29, 0.717) is 38.3 Å². The average molecular weight is 1670 g/mol. The molecule has 0 aromatic heterocycles. The van der Waals surface area contributed by atoms with Crippen molar-refractivity contribution in [2.75, 3.05) is 40.1 Å². The molecule has 0 bridgehead atoms. The van der Waals surface area contributed by atoms with Gasteiger partial charge in [-0.05, 0) is 223 Å². The Morgan fingerprint density at radius 2 is 0.686 bits per heavy atom. The Morgan fingerprint density at radius 1 is 0.305 bits per heavy atom. The molecule has 0 saturated heterocycles. The molecule has 0 aliphatic heterocycles. The minimum absolute atomic E-state index is 0.194. The summed E-state index contributed by atoms with van der Waals surface area (Å²) in [5.41, 5.74) is 62.7. The van der Waals surface area contributed by atoms with Gasteiger partial charge in [-0.3, -0.25) is 0 Å². The van der Waals surface area contributed by atoms with E-state index in [2.05, 4.69) is 185 Å². The molecule has 1 fully saturated rings. The minimum Gasteiger partial charge on any atom is -0.399 e. The van der Waals surface area contributed by atoms with Crippen LogP contribution in [-0.2, 0) is 30.1 Å². The summed E-state index contributed by atoms with van der Waals surface area (Å²) < 4.78 is 108. The molecular weight excluding hydrogens is 1580 g/mol. The molecule has 1 saturated carbocycles. The van der Waals surface area contributed by atoms with Crippen LogP contribution in [0.3, 0.4) is 0 Å². The average Bonchev–Trinajstić information content (AvgIpc) is 1.53. The van der Waals surface area contributed by atoms with Crippen LogP contribution >= 0.6 is 46.4 Å². The summed E-state index contributed by atoms with van der Waals surface area (Å²) in [7, 11) is 0. The molecule has 14 N–H and O–H groups in total. The number of para-hydroxylation sites is 2. The zero-order valence-corrected chi connectivity index (χ0v) is 68.5. The minimum atomic E-state index is -2.28. The van der Waals surface area contributed by atoms with Gasteiger partial charge in [-0.25, -0.2) is 35.1 Å². The van der Waals surface area contributed by atoms with E-state index in [1.807, 2.05) is 73.7 Å². The number of nitrogens with two attached hydrogens (primary N) is 7. The highest BCUT2D eigenvalue weighted by Crippen LogP contribution is 2.56. The third-order valence-electron chi connectivity index (χ3n) is 22.0. The van der Waals surface area contributed by atoms with Gasteiger partial charge in [0.1, 0.15) is 5.69 Å². The summed E-state index contributed by atoms with van der Waals surface area (Å²) >= 11 is 24.5. The zero-order valence-electron chi connectivity index (χ0n) is 65.5. The first-order valence-corrected chi connectivity index (χ1v) is 39.8. The summed E-state index contributed by atoms with van der Waals surface area (Å²) in [5, 5.41) is 2.11. The van der Waals surface area contributed by atoms with Gasteiger partial charge in [-0.1, -0.05) is 264 Å². The lowest BCUT2D eigenvalue weighted by molar-refractivity contribution is 0.346. The van der Waals surface area contributed by atoms with Gasteiger partial charge in [0.25, 0.3) is 0 Å². The highest BCUT2D eigenvalue weighted by molar-refractivity contribution is 6.39. The van der Waals surface area contributed by atoms with Gasteiger partial charge in [0, 0.05) is 60.6 Å². The fourth-order valence-electron chi connectivity index (χ4n) is 15.7. The van der Waals surface area contributed by atoms with Crippen molar-refractivity contribution in [2.45, 2.75) is 96.8 Å². The van der Waals surface area contributed by atoms with Crippen LogP contribution in [0.2, 0.25) is 20.1 Å². The number of fused-ring (bicyclic) bond motifs is 6. The normalized spacial score (nSPS) is 12.9. The smallest absolute Gasteiger partial charge is 0.185 e. The van der Waals surface area contributed by atoms with Crippen LogP contribution in [0.15, 0.2) is 255 Å². The molecule has 118 heavy (non-hydrogen) atoms. The second-order valence-electron chi connectivity index (χ2n) is 29.8. The first-order valence-electron chi connectivity index (χ1n) is 38.3. The molecule has 0 spiro atoms. The van der Waals surface area contributed by atoms with Crippen molar-refractivity contribution >= 4 is 86.2 Å². The number of halogens is 12. The number of rotatable bonds is 9. The van der Waals surface area contributed by atoms with Crippen molar-refractivity contribution in [2.24, 2.45) is 0 Å². The number of hydrogen-bond donors (Lipinski definition) is 7. The van der Waals surface area contributed by atoms with E-state index < -0.39 is 68.9 Å². The molecular formula is C99H87Cl4F8N7. The molecule has 3 aliphatic carbocycles. The number of benzene rings is 14. The van der Waals surface area contributed by atoms with Crippen LogP contribution < -0.4 is 40.1 Å². The predicted molar refractivity (Wildman–Crippen MR) is 474 cm³/mol. The van der Waals surface area contributed by atoms with Crippen LogP contribution in [0.5, 0.6) is 0 Å². The SMILES string of the molecule is Cc1c(F)c(F)c(-c2c(F)c(F)c(N)c(F)c2F)c(F)c1F.Cc1cc(Cl)c(-c2cc(Cl)c(N)cc2Cl)cc1Cl.Cc1ccc(C2(c3ccc(N)cc3)CCCCC2)cc1.Cc1ccc(C2(c3ccc(N)cc3)c3ccccc3-c3ccccc32)cc1.Cc1ccc2c(c1)Cc1cc(N)ccc1-2.Nc1ccccc1CCc1ccccc1N. The van der Waals surface area contributed by atoms with Gasteiger partial charge in [0.15, 0.2) is 46.5 Å². The van der Waals surface area contributed by atoms with Crippen LogP contribution in [0.4, 0.5) is 74.9 Å². The third-order valence-corrected chi connectivity index (χ3v) is 23.4. The number of anilines is 7. The van der Waals surface area contributed by atoms with E-state index in [1.165, 1.54) is 127 Å². The Morgan fingerprint density at radius 3 is 1.17 bits per heavy atom. The quantitative estimate of drug-likeness (QED) is 0.0426. The van der Waals surface area contributed by atoms with Gasteiger partial charge in [0.05, 0.1) is 32.3 Å². The van der Waals surface area contributed by atoms with Gasteiger partial charge in [0.2, 0.25) is 0 Å². The standard InChI is InChI=1S/C26H21N.C19H23N.C14H16N2.C14H13N.C13H9Cl4N.C13H5F8N/c1-18-10-12-19(13-11-18)26(20-14-16-21(27)17-15-20)24-8-4-2-6-22(24)23-7-3-5-9-25(23)26;1-15-5-7-16(8-6-15)19(13-3-2-4-14-19)17-9-11-18(20)12-10-17;15-13-7-3-1-5-11(13)9-10-12-6-2-4-8-14(12)16;1-9-2-4-13-10(6-9)7-11-8-12(15)3-5-14(11)13;1-6-2-10(15)7(3-9(6)14)8-4-12(17)13(18)5-11(8)16;1-2-5(14)7(16)3(8(17)6(2)15)4-9(18)11(20)13(22)12(21)10(4)19/h2-17H,27H2,1H3;5-12H,2-4,13-14,20H2,1H3;1-8H,9-10,15-16H2;2-6,8H,7,15H2,1H3;2-5H,18H2,1H3;22H2,1H3. The first-order chi connectivity index (χ1) is 56.4. The third kappa shape index (κ3) is 17.9. The second kappa shape index (κ2) is 36.8. The van der Waals surface area contributed by atoms with E-state index in [4.69, 9.17) is 86.5 Å². The van der Waals surface area contributed by atoms with Gasteiger partial charge < -0.3 is 40.1 Å². The summed E-state index contributed by atoms with van der Waals surface area (Å²) in [6.45, 7) is 8.97. The Kier molecular flexibility index (Phi) is 26.7. The molecule has 7 nitrogen and oxygen atoms in total. The lowest BCUT2D eigenvalue weighted by Crippen LogP contribution is -2.30. The van der Waals surface area contributed by atoms with Gasteiger partial charge in [-0.15, -0.1) is 0 Å². The molecule has 0 radical (unpaired) electrons. The van der Waals surface area contributed by atoms with Crippen LogP contribution in [0.25, 0.3) is 44.5 Å². The topological polar surface area (TPSA) is 182 Å². The molecule has 3 aliphatic rings. The summed E-state index contributed by atoms with van der Waals surface area (Å²) in [6, 6.07) is 88.2. The van der Waals surface area contributed by atoms with Crippen LogP contribution in [0.1, 0.15) is 116 Å². The van der Waals surface area contributed by atoms with Crippen molar-refractivity contribution in [1.82, 2.24) is 0 Å². The van der Waals surface area contributed by atoms with E-state index in [0.717, 1.165) is 58.8 Å². The molecule has 17 rings (SSSR count). The van der Waals surface area contributed by atoms with E-state index in [1.54, 1.807) is 24.3 Å².